The fourth-order valence-electron chi connectivity index (χ4n) is 4.92. The Morgan fingerprint density at radius 2 is 2.00 bits per heavy atom. The first-order valence-corrected chi connectivity index (χ1v) is 9.92. The molecule has 25 heavy (non-hydrogen) atoms. The van der Waals surface area contributed by atoms with Crippen LogP contribution in [0.1, 0.15) is 52.0 Å². The van der Waals surface area contributed by atoms with E-state index in [1.54, 1.807) is 0 Å². The second-order valence-corrected chi connectivity index (χ2v) is 8.00. The largest absolute Gasteiger partial charge is 0.464 e. The molecule has 0 spiro atoms. The summed E-state index contributed by atoms with van der Waals surface area (Å²) < 4.78 is 18.6. The summed E-state index contributed by atoms with van der Waals surface area (Å²) in [6, 6.07) is 8.23. The van der Waals surface area contributed by atoms with Crippen molar-refractivity contribution in [1.29, 1.82) is 0 Å². The molecule has 4 heteroatoms. The predicted octanol–water partition coefficient (Wildman–Crippen LogP) is 5.48. The highest BCUT2D eigenvalue weighted by atomic mass is 16.7. The van der Waals surface area contributed by atoms with Gasteiger partial charge in [0.05, 0.1) is 18.0 Å². The fourth-order valence-corrected chi connectivity index (χ4v) is 4.92. The molecule has 1 aromatic carbocycles. The summed E-state index contributed by atoms with van der Waals surface area (Å²) in [5.74, 6) is 1.39. The highest BCUT2D eigenvalue weighted by Gasteiger charge is 2.54. The Morgan fingerprint density at radius 1 is 1.16 bits per heavy atom. The van der Waals surface area contributed by atoms with Crippen LogP contribution in [0.25, 0.3) is 11.0 Å². The van der Waals surface area contributed by atoms with Crippen molar-refractivity contribution in [1.82, 2.24) is 0 Å². The fraction of sp³-hybridized carbons (Fsp3) is 0.619. The van der Waals surface area contributed by atoms with Crippen LogP contribution in [0.3, 0.4) is 0 Å². The van der Waals surface area contributed by atoms with Crippen LogP contribution in [0.4, 0.5) is 0 Å². The quantitative estimate of drug-likeness (QED) is 0.675. The molecule has 1 saturated heterocycles. The van der Waals surface area contributed by atoms with Crippen LogP contribution in [0.2, 0.25) is 6.32 Å². The average molecular weight is 340 g/mol. The van der Waals surface area contributed by atoms with Crippen LogP contribution >= 0.6 is 0 Å². The van der Waals surface area contributed by atoms with Crippen molar-refractivity contribution in [3.8, 4) is 0 Å². The molecule has 0 bridgehead atoms. The van der Waals surface area contributed by atoms with Crippen molar-refractivity contribution in [2.24, 2.45) is 11.8 Å². The second-order valence-electron chi connectivity index (χ2n) is 8.00. The van der Waals surface area contributed by atoms with E-state index < -0.39 is 0 Å². The summed E-state index contributed by atoms with van der Waals surface area (Å²) in [6.07, 6.45) is 8.81. The van der Waals surface area contributed by atoms with Gasteiger partial charge in [0.15, 0.2) is 0 Å². The maximum atomic E-state index is 6.51. The molecule has 1 aromatic heterocycles. The third kappa shape index (κ3) is 3.04. The number of furan rings is 1. The lowest BCUT2D eigenvalue weighted by molar-refractivity contribution is -0.0535. The van der Waals surface area contributed by atoms with Gasteiger partial charge in [0.25, 0.3) is 0 Å². The molecule has 4 rings (SSSR count). The molecule has 3 nitrogen and oxygen atoms in total. The molecule has 2 aromatic rings. The molecule has 0 N–H and O–H groups in total. The summed E-state index contributed by atoms with van der Waals surface area (Å²) in [7, 11) is -0.0895. The van der Waals surface area contributed by atoms with Gasteiger partial charge < -0.3 is 13.7 Å². The maximum Gasteiger partial charge on any atom is 0.457 e. The van der Waals surface area contributed by atoms with Gasteiger partial charge in [0.2, 0.25) is 0 Å². The molecule has 134 valence electrons. The third-order valence-electron chi connectivity index (χ3n) is 6.60. The lowest BCUT2D eigenvalue weighted by Gasteiger charge is -2.45. The zero-order chi connectivity index (χ0) is 17.4. The SMILES string of the molecule is CC[C@H]1C[C@@H](CC)[C@]2(C)OB(CCc3coc4ccccc34)O[C@@H]2C1. The lowest BCUT2D eigenvalue weighted by atomic mass is 9.68. The maximum absolute atomic E-state index is 6.51. The molecule has 0 radical (unpaired) electrons. The standard InChI is InChI=1S/C21H29BO3/c1-4-15-12-17(5-2)21(3)20(13-15)24-22(25-21)11-10-16-14-23-19-9-7-6-8-18(16)19/h6-9,14-15,17,20H,4-5,10-13H2,1-3H3/t15-,17+,20+,21-/m0/s1. The highest BCUT2D eigenvalue weighted by molar-refractivity contribution is 6.45. The van der Waals surface area contributed by atoms with E-state index >= 15 is 0 Å². The summed E-state index contributed by atoms with van der Waals surface area (Å²) in [5.41, 5.74) is 2.10. The summed E-state index contributed by atoms with van der Waals surface area (Å²) >= 11 is 0. The van der Waals surface area contributed by atoms with Crippen molar-refractivity contribution < 1.29 is 13.7 Å². The number of fused-ring (bicyclic) bond motifs is 2. The van der Waals surface area contributed by atoms with E-state index in [-0.39, 0.29) is 18.8 Å². The Morgan fingerprint density at radius 3 is 2.80 bits per heavy atom. The molecule has 2 heterocycles. The number of para-hydroxylation sites is 1. The van der Waals surface area contributed by atoms with Gasteiger partial charge in [0, 0.05) is 5.39 Å². The minimum Gasteiger partial charge on any atom is -0.464 e. The minimum atomic E-state index is -0.108. The minimum absolute atomic E-state index is 0.0895. The Bertz CT molecular complexity index is 727. The van der Waals surface area contributed by atoms with E-state index in [1.807, 2.05) is 18.4 Å². The number of aryl methyl sites for hydroxylation is 1. The predicted molar refractivity (Wildman–Crippen MR) is 102 cm³/mol. The molecule has 1 aliphatic heterocycles. The number of hydrogen-bond acceptors (Lipinski definition) is 3. The topological polar surface area (TPSA) is 31.6 Å². The van der Waals surface area contributed by atoms with Gasteiger partial charge in [-0.05, 0) is 56.0 Å². The Kier molecular flexibility index (Phi) is 4.68. The molecular formula is C21H29BO3. The third-order valence-corrected chi connectivity index (χ3v) is 6.60. The molecule has 4 atom stereocenters. The van der Waals surface area contributed by atoms with E-state index in [0.29, 0.717) is 5.92 Å². The van der Waals surface area contributed by atoms with Gasteiger partial charge in [-0.2, -0.15) is 0 Å². The van der Waals surface area contributed by atoms with E-state index in [9.17, 15) is 0 Å². The van der Waals surface area contributed by atoms with Crippen molar-refractivity contribution in [2.75, 3.05) is 0 Å². The van der Waals surface area contributed by atoms with Crippen LogP contribution in [0, 0.1) is 11.8 Å². The van der Waals surface area contributed by atoms with Gasteiger partial charge in [-0.25, -0.2) is 0 Å². The summed E-state index contributed by atoms with van der Waals surface area (Å²) in [6.45, 7) is 6.88. The second kappa shape index (κ2) is 6.81. The van der Waals surface area contributed by atoms with E-state index in [4.69, 9.17) is 13.7 Å². The van der Waals surface area contributed by atoms with Gasteiger partial charge >= 0.3 is 7.12 Å². The van der Waals surface area contributed by atoms with E-state index in [2.05, 4.69) is 32.9 Å². The molecule has 1 saturated carbocycles. The molecule has 1 aliphatic carbocycles. The van der Waals surface area contributed by atoms with Crippen molar-refractivity contribution in [3.05, 3.63) is 36.1 Å². The summed E-state index contributed by atoms with van der Waals surface area (Å²) in [4.78, 5) is 0. The number of rotatable bonds is 5. The van der Waals surface area contributed by atoms with Gasteiger partial charge in [-0.1, -0.05) is 44.9 Å². The molecule has 2 fully saturated rings. The molecular weight excluding hydrogens is 311 g/mol. The van der Waals surface area contributed by atoms with Gasteiger partial charge in [-0.15, -0.1) is 0 Å². The molecule has 0 unspecified atom stereocenters. The first-order valence-electron chi connectivity index (χ1n) is 9.92. The van der Waals surface area contributed by atoms with Crippen LogP contribution in [-0.4, -0.2) is 18.8 Å². The summed E-state index contributed by atoms with van der Waals surface area (Å²) in [5, 5.41) is 1.21. The zero-order valence-electron chi connectivity index (χ0n) is 15.7. The first-order chi connectivity index (χ1) is 12.1. The lowest BCUT2D eigenvalue weighted by Crippen LogP contribution is -2.49. The van der Waals surface area contributed by atoms with Crippen LogP contribution < -0.4 is 0 Å². The highest BCUT2D eigenvalue weighted by Crippen LogP contribution is 2.48. The monoisotopic (exact) mass is 340 g/mol. The normalized spacial score (nSPS) is 32.3. The van der Waals surface area contributed by atoms with Crippen LogP contribution in [0.5, 0.6) is 0 Å². The molecule has 2 aliphatic rings. The first kappa shape index (κ1) is 17.2. The number of hydrogen-bond donors (Lipinski definition) is 0. The van der Waals surface area contributed by atoms with Crippen molar-refractivity contribution in [3.63, 3.8) is 0 Å². The van der Waals surface area contributed by atoms with E-state index in [0.717, 1.165) is 30.7 Å². The van der Waals surface area contributed by atoms with Gasteiger partial charge in [0.1, 0.15) is 5.58 Å². The van der Waals surface area contributed by atoms with Crippen LogP contribution in [0.15, 0.2) is 34.9 Å². The van der Waals surface area contributed by atoms with Crippen LogP contribution in [-0.2, 0) is 15.7 Å². The van der Waals surface area contributed by atoms with Gasteiger partial charge in [-0.3, -0.25) is 0 Å². The zero-order valence-corrected chi connectivity index (χ0v) is 15.7. The smallest absolute Gasteiger partial charge is 0.457 e. The molecule has 0 amide bonds. The Labute approximate surface area is 151 Å². The van der Waals surface area contributed by atoms with Crippen molar-refractivity contribution >= 4 is 18.1 Å². The number of benzene rings is 1. The van der Waals surface area contributed by atoms with Crippen molar-refractivity contribution in [2.45, 2.75) is 70.9 Å². The Hall–Kier alpha value is -1.26. The van der Waals surface area contributed by atoms with E-state index in [1.165, 1.54) is 30.2 Å². The average Bonchev–Trinajstić information content (AvgIpc) is 3.19. The Balaban J connectivity index is 1.45.